The van der Waals surface area contributed by atoms with Crippen LogP contribution >= 0.6 is 0 Å². The van der Waals surface area contributed by atoms with Crippen LogP contribution in [0.5, 0.6) is 5.75 Å². The van der Waals surface area contributed by atoms with Crippen LogP contribution in [0.15, 0.2) is 18.2 Å². The van der Waals surface area contributed by atoms with E-state index in [0.29, 0.717) is 12.3 Å². The topological polar surface area (TPSA) is 61.4 Å². The van der Waals surface area contributed by atoms with Crippen molar-refractivity contribution in [3.63, 3.8) is 0 Å². The van der Waals surface area contributed by atoms with Crippen molar-refractivity contribution in [1.82, 2.24) is 10.6 Å². The number of fused-ring (bicyclic) bond motifs is 1. The zero-order valence-corrected chi connectivity index (χ0v) is 10.9. The van der Waals surface area contributed by atoms with E-state index in [9.17, 15) is 9.90 Å². The Labute approximate surface area is 107 Å². The fourth-order valence-corrected chi connectivity index (χ4v) is 2.48. The van der Waals surface area contributed by atoms with Gasteiger partial charge in [0.25, 0.3) is 0 Å². The molecule has 1 amide bonds. The van der Waals surface area contributed by atoms with Crippen molar-refractivity contribution in [2.75, 3.05) is 6.54 Å². The van der Waals surface area contributed by atoms with Crippen LogP contribution in [0.3, 0.4) is 0 Å². The maximum atomic E-state index is 11.7. The Morgan fingerprint density at radius 1 is 1.56 bits per heavy atom. The summed E-state index contributed by atoms with van der Waals surface area (Å²) in [5, 5.41) is 15.6. The van der Waals surface area contributed by atoms with Crippen LogP contribution in [0.1, 0.15) is 37.4 Å². The molecule has 0 aromatic heterocycles. The molecule has 2 rings (SSSR count). The predicted octanol–water partition coefficient (Wildman–Crippen LogP) is 1.49. The number of rotatable bonds is 4. The monoisotopic (exact) mass is 248 g/mol. The van der Waals surface area contributed by atoms with Gasteiger partial charge in [0.15, 0.2) is 0 Å². The van der Waals surface area contributed by atoms with E-state index >= 15 is 0 Å². The summed E-state index contributed by atoms with van der Waals surface area (Å²) in [7, 11) is 0. The van der Waals surface area contributed by atoms with E-state index < -0.39 is 0 Å². The van der Waals surface area contributed by atoms with Crippen LogP contribution < -0.4 is 10.6 Å². The van der Waals surface area contributed by atoms with E-state index in [-0.39, 0.29) is 18.0 Å². The van der Waals surface area contributed by atoms with E-state index in [4.69, 9.17) is 0 Å². The molecule has 3 N–H and O–H groups in total. The zero-order chi connectivity index (χ0) is 13.1. The van der Waals surface area contributed by atoms with Gasteiger partial charge >= 0.3 is 0 Å². The fraction of sp³-hybridized carbons (Fsp3) is 0.500. The van der Waals surface area contributed by atoms with E-state index in [2.05, 4.69) is 10.6 Å². The number of nitrogens with one attached hydrogen (secondary N) is 2. The third kappa shape index (κ3) is 2.64. The second-order valence-electron chi connectivity index (χ2n) is 4.76. The number of benzene rings is 1. The number of aryl methyl sites for hydroxylation is 1. The van der Waals surface area contributed by atoms with Crippen molar-refractivity contribution in [3.05, 3.63) is 29.3 Å². The summed E-state index contributed by atoms with van der Waals surface area (Å²) >= 11 is 0. The Morgan fingerprint density at radius 3 is 3.06 bits per heavy atom. The van der Waals surface area contributed by atoms with E-state index in [0.717, 1.165) is 12.8 Å². The molecular formula is C14H20N2O2. The van der Waals surface area contributed by atoms with Gasteiger partial charge in [-0.05, 0) is 49.9 Å². The molecule has 2 atom stereocenters. The van der Waals surface area contributed by atoms with Crippen molar-refractivity contribution in [2.45, 2.75) is 38.8 Å². The van der Waals surface area contributed by atoms with E-state index in [1.165, 1.54) is 11.1 Å². The highest BCUT2D eigenvalue weighted by Gasteiger charge is 2.25. The number of phenols is 1. The maximum Gasteiger partial charge on any atom is 0.236 e. The molecule has 4 heteroatoms. The molecule has 1 aliphatic carbocycles. The third-order valence-corrected chi connectivity index (χ3v) is 3.40. The van der Waals surface area contributed by atoms with E-state index in [1.807, 2.05) is 26.0 Å². The Bertz CT molecular complexity index is 445. The second kappa shape index (κ2) is 5.40. The van der Waals surface area contributed by atoms with Crippen LogP contribution in [0.4, 0.5) is 0 Å². The molecular weight excluding hydrogens is 228 g/mol. The highest BCUT2D eigenvalue weighted by Crippen LogP contribution is 2.33. The van der Waals surface area contributed by atoms with Crippen LogP contribution in [0, 0.1) is 0 Å². The fourth-order valence-electron chi connectivity index (χ4n) is 2.48. The zero-order valence-electron chi connectivity index (χ0n) is 10.9. The largest absolute Gasteiger partial charge is 0.508 e. The number of aromatic hydroxyl groups is 1. The summed E-state index contributed by atoms with van der Waals surface area (Å²) < 4.78 is 0. The van der Waals surface area contributed by atoms with Crippen molar-refractivity contribution in [2.24, 2.45) is 0 Å². The lowest BCUT2D eigenvalue weighted by Crippen LogP contribution is -2.43. The number of phenolic OH excluding ortho intramolecular Hbond substituents is 1. The molecule has 1 aliphatic rings. The van der Waals surface area contributed by atoms with Gasteiger partial charge < -0.3 is 10.4 Å². The molecule has 0 aliphatic heterocycles. The lowest BCUT2D eigenvalue weighted by molar-refractivity contribution is -0.122. The Hall–Kier alpha value is -1.55. The number of amides is 1. The van der Waals surface area contributed by atoms with Gasteiger partial charge in [-0.1, -0.05) is 6.07 Å². The average Bonchev–Trinajstić information content (AvgIpc) is 2.72. The van der Waals surface area contributed by atoms with Gasteiger partial charge in [-0.25, -0.2) is 0 Å². The van der Waals surface area contributed by atoms with Crippen molar-refractivity contribution >= 4 is 5.91 Å². The number of hydrogen-bond donors (Lipinski definition) is 3. The third-order valence-electron chi connectivity index (χ3n) is 3.40. The van der Waals surface area contributed by atoms with Crippen molar-refractivity contribution in [1.29, 1.82) is 0 Å². The molecule has 1 aromatic rings. The molecule has 2 unspecified atom stereocenters. The molecule has 4 nitrogen and oxygen atoms in total. The van der Waals surface area contributed by atoms with Gasteiger partial charge in [-0.3, -0.25) is 10.1 Å². The molecule has 0 bridgehead atoms. The number of carbonyl (C=O) groups excluding carboxylic acids is 1. The Balaban J connectivity index is 2.03. The average molecular weight is 248 g/mol. The summed E-state index contributed by atoms with van der Waals surface area (Å²) in [4.78, 5) is 11.7. The van der Waals surface area contributed by atoms with Gasteiger partial charge in [0.05, 0.1) is 6.04 Å². The summed E-state index contributed by atoms with van der Waals surface area (Å²) in [5.41, 5.74) is 2.37. The number of likely N-dealkylation sites (N-methyl/N-ethyl adjacent to an activating group) is 1. The van der Waals surface area contributed by atoms with Crippen LogP contribution in [-0.4, -0.2) is 23.6 Å². The quantitative estimate of drug-likeness (QED) is 0.756. The second-order valence-corrected chi connectivity index (χ2v) is 4.76. The molecule has 0 heterocycles. The highest BCUT2D eigenvalue weighted by atomic mass is 16.3. The summed E-state index contributed by atoms with van der Waals surface area (Å²) in [6, 6.07) is 5.47. The molecule has 98 valence electrons. The van der Waals surface area contributed by atoms with Gasteiger partial charge in [0, 0.05) is 12.6 Å². The highest BCUT2D eigenvalue weighted by molar-refractivity contribution is 5.81. The lowest BCUT2D eigenvalue weighted by atomic mass is 10.1. The first-order valence-electron chi connectivity index (χ1n) is 6.47. The number of hydrogen-bond acceptors (Lipinski definition) is 3. The van der Waals surface area contributed by atoms with Crippen LogP contribution in [-0.2, 0) is 11.2 Å². The lowest BCUT2D eigenvalue weighted by Gasteiger charge is -2.19. The van der Waals surface area contributed by atoms with E-state index in [1.54, 1.807) is 6.07 Å². The SMILES string of the molecule is CCNC(=O)C(C)NC1CCc2cc(O)ccc21. The summed E-state index contributed by atoms with van der Waals surface area (Å²) in [6.45, 7) is 4.45. The first kappa shape index (κ1) is 12.9. The van der Waals surface area contributed by atoms with Crippen molar-refractivity contribution < 1.29 is 9.90 Å². The first-order valence-corrected chi connectivity index (χ1v) is 6.47. The Kier molecular flexibility index (Phi) is 3.87. The van der Waals surface area contributed by atoms with Crippen LogP contribution in [0.25, 0.3) is 0 Å². The van der Waals surface area contributed by atoms with Gasteiger partial charge in [-0.2, -0.15) is 0 Å². The maximum absolute atomic E-state index is 11.7. The molecule has 1 aromatic carbocycles. The summed E-state index contributed by atoms with van der Waals surface area (Å²) in [6.07, 6.45) is 1.92. The minimum Gasteiger partial charge on any atom is -0.508 e. The molecule has 0 fully saturated rings. The molecule has 18 heavy (non-hydrogen) atoms. The van der Waals surface area contributed by atoms with Crippen LogP contribution in [0.2, 0.25) is 0 Å². The van der Waals surface area contributed by atoms with Gasteiger partial charge in [-0.15, -0.1) is 0 Å². The first-order chi connectivity index (χ1) is 8.61. The molecule has 0 saturated heterocycles. The van der Waals surface area contributed by atoms with Crippen molar-refractivity contribution in [3.8, 4) is 5.75 Å². The van der Waals surface area contributed by atoms with Gasteiger partial charge in [0.2, 0.25) is 5.91 Å². The number of carbonyl (C=O) groups is 1. The molecule has 0 spiro atoms. The normalized spacial score (nSPS) is 19.3. The summed E-state index contributed by atoms with van der Waals surface area (Å²) in [5.74, 6) is 0.343. The Morgan fingerprint density at radius 2 is 2.33 bits per heavy atom. The van der Waals surface area contributed by atoms with Gasteiger partial charge in [0.1, 0.15) is 5.75 Å². The predicted molar refractivity (Wildman–Crippen MR) is 70.5 cm³/mol. The minimum atomic E-state index is -0.199. The molecule has 0 saturated carbocycles. The molecule has 0 radical (unpaired) electrons. The standard InChI is InChI=1S/C14H20N2O2/c1-3-15-14(18)9(2)16-13-7-4-10-8-11(17)5-6-12(10)13/h5-6,8-9,13,16-17H,3-4,7H2,1-2H3,(H,15,18). The minimum absolute atomic E-state index is 0.0322. The smallest absolute Gasteiger partial charge is 0.236 e.